The van der Waals surface area contributed by atoms with Gasteiger partial charge in [-0.25, -0.2) is 8.78 Å². The molecule has 3 nitrogen and oxygen atoms in total. The Kier molecular flexibility index (Phi) is 5.53. The lowest BCUT2D eigenvalue weighted by molar-refractivity contribution is -0.133. The van der Waals surface area contributed by atoms with Gasteiger partial charge in [-0.3, -0.25) is 4.79 Å². The third-order valence-corrected chi connectivity index (χ3v) is 1.70. The second-order valence-corrected chi connectivity index (χ2v) is 3.01. The van der Waals surface area contributed by atoms with Crippen LogP contribution in [0.3, 0.4) is 0 Å². The molecule has 0 rings (SSSR count). The number of hydrogen-bond donors (Lipinski definition) is 1. The summed E-state index contributed by atoms with van der Waals surface area (Å²) in [6.07, 6.45) is -1.19. The smallest absolute Gasteiger partial charge is 0.255 e. The molecule has 1 amide bonds. The largest absolute Gasteiger partial charge is 0.339 e. The van der Waals surface area contributed by atoms with E-state index in [1.807, 2.05) is 6.92 Å². The minimum Gasteiger partial charge on any atom is -0.339 e. The minimum absolute atomic E-state index is 0.415. The summed E-state index contributed by atoms with van der Waals surface area (Å²) in [5.41, 5.74) is 5.47. The van der Waals surface area contributed by atoms with Crippen molar-refractivity contribution in [1.29, 1.82) is 0 Å². The number of hydrogen-bond acceptors (Lipinski definition) is 2. The molecule has 0 bridgehead atoms. The number of amides is 1. The molecule has 13 heavy (non-hydrogen) atoms. The first-order valence-electron chi connectivity index (χ1n) is 4.27. The van der Waals surface area contributed by atoms with Gasteiger partial charge in [-0.15, -0.1) is 0 Å². The molecule has 0 saturated carbocycles. The SMILES string of the molecule is CCC[C@@H](N)C(=O)N(C)CC(F)F. The van der Waals surface area contributed by atoms with E-state index >= 15 is 0 Å². The zero-order valence-corrected chi connectivity index (χ0v) is 7.96. The molecule has 0 heterocycles. The average molecular weight is 194 g/mol. The molecule has 0 unspecified atom stereocenters. The van der Waals surface area contributed by atoms with Gasteiger partial charge in [0.15, 0.2) is 0 Å². The molecule has 0 aliphatic carbocycles. The van der Waals surface area contributed by atoms with Gasteiger partial charge in [-0.2, -0.15) is 0 Å². The number of halogens is 2. The molecule has 0 aromatic heterocycles. The van der Waals surface area contributed by atoms with Crippen LogP contribution in [0, 0.1) is 0 Å². The highest BCUT2D eigenvalue weighted by Gasteiger charge is 2.19. The van der Waals surface area contributed by atoms with Crippen LogP contribution in [0.25, 0.3) is 0 Å². The van der Waals surface area contributed by atoms with Gasteiger partial charge in [-0.05, 0) is 6.42 Å². The fourth-order valence-electron chi connectivity index (χ4n) is 1.01. The van der Waals surface area contributed by atoms with E-state index in [2.05, 4.69) is 0 Å². The number of rotatable bonds is 5. The van der Waals surface area contributed by atoms with Crippen molar-refractivity contribution in [2.24, 2.45) is 5.73 Å². The number of carbonyl (C=O) groups is 1. The van der Waals surface area contributed by atoms with E-state index < -0.39 is 24.9 Å². The van der Waals surface area contributed by atoms with Crippen molar-refractivity contribution in [3.05, 3.63) is 0 Å². The van der Waals surface area contributed by atoms with Crippen LogP contribution in [-0.4, -0.2) is 36.9 Å². The van der Waals surface area contributed by atoms with Crippen molar-refractivity contribution >= 4 is 5.91 Å². The van der Waals surface area contributed by atoms with Gasteiger partial charge in [-0.1, -0.05) is 13.3 Å². The van der Waals surface area contributed by atoms with Crippen LogP contribution in [0.2, 0.25) is 0 Å². The van der Waals surface area contributed by atoms with Gasteiger partial charge < -0.3 is 10.6 Å². The standard InChI is InChI=1S/C8H16F2N2O/c1-3-4-6(11)8(13)12(2)5-7(9)10/h6-7H,3-5,11H2,1-2H3/t6-/m1/s1. The maximum Gasteiger partial charge on any atom is 0.255 e. The molecular formula is C8H16F2N2O. The number of nitrogens with zero attached hydrogens (tertiary/aromatic N) is 1. The Hall–Kier alpha value is -0.710. The lowest BCUT2D eigenvalue weighted by Crippen LogP contribution is -2.43. The van der Waals surface area contributed by atoms with Crippen LogP contribution in [0.5, 0.6) is 0 Å². The highest BCUT2D eigenvalue weighted by molar-refractivity contribution is 5.81. The highest BCUT2D eigenvalue weighted by Crippen LogP contribution is 2.01. The van der Waals surface area contributed by atoms with E-state index in [1.165, 1.54) is 7.05 Å². The fraction of sp³-hybridized carbons (Fsp3) is 0.875. The highest BCUT2D eigenvalue weighted by atomic mass is 19.3. The Morgan fingerprint density at radius 1 is 1.54 bits per heavy atom. The first-order valence-corrected chi connectivity index (χ1v) is 4.27. The molecule has 0 aromatic carbocycles. The van der Waals surface area contributed by atoms with Crippen LogP contribution in [0.4, 0.5) is 8.78 Å². The Morgan fingerprint density at radius 2 is 2.08 bits per heavy atom. The summed E-state index contributed by atoms with van der Waals surface area (Å²) in [5, 5.41) is 0. The van der Waals surface area contributed by atoms with Gasteiger partial charge in [0.05, 0.1) is 12.6 Å². The molecule has 78 valence electrons. The predicted molar refractivity (Wildman–Crippen MR) is 46.5 cm³/mol. The van der Waals surface area contributed by atoms with E-state index in [0.717, 1.165) is 11.3 Å². The summed E-state index contributed by atoms with van der Waals surface area (Å²) in [6.45, 7) is 1.34. The van der Waals surface area contributed by atoms with E-state index in [9.17, 15) is 13.6 Å². The molecule has 0 spiro atoms. The van der Waals surface area contributed by atoms with Crippen molar-refractivity contribution in [3.63, 3.8) is 0 Å². The summed E-state index contributed by atoms with van der Waals surface area (Å²) in [6, 6.07) is -0.645. The Morgan fingerprint density at radius 3 is 2.46 bits per heavy atom. The molecule has 0 aliphatic rings. The summed E-state index contributed by atoms with van der Waals surface area (Å²) < 4.78 is 23.7. The maximum atomic E-state index is 11.9. The van der Waals surface area contributed by atoms with E-state index in [4.69, 9.17) is 5.73 Å². The van der Waals surface area contributed by atoms with Gasteiger partial charge in [0.2, 0.25) is 5.91 Å². The van der Waals surface area contributed by atoms with Gasteiger partial charge in [0.1, 0.15) is 0 Å². The van der Waals surface area contributed by atoms with Gasteiger partial charge >= 0.3 is 0 Å². The van der Waals surface area contributed by atoms with Crippen molar-refractivity contribution < 1.29 is 13.6 Å². The Balaban J connectivity index is 3.94. The summed E-state index contributed by atoms with van der Waals surface area (Å²) in [7, 11) is 1.34. The number of likely N-dealkylation sites (N-methyl/N-ethyl adjacent to an activating group) is 1. The third kappa shape index (κ3) is 4.77. The first kappa shape index (κ1) is 12.3. The summed E-state index contributed by atoms with van der Waals surface area (Å²) in [5.74, 6) is -0.415. The molecule has 5 heteroatoms. The molecule has 0 fully saturated rings. The van der Waals surface area contributed by atoms with Crippen molar-refractivity contribution in [3.8, 4) is 0 Å². The molecule has 0 saturated heterocycles. The predicted octanol–water partition coefficient (Wildman–Crippen LogP) is 0.837. The maximum absolute atomic E-state index is 11.9. The number of alkyl halides is 2. The second-order valence-electron chi connectivity index (χ2n) is 3.01. The van der Waals surface area contributed by atoms with Crippen LogP contribution < -0.4 is 5.73 Å². The molecular weight excluding hydrogens is 178 g/mol. The third-order valence-electron chi connectivity index (χ3n) is 1.70. The van der Waals surface area contributed by atoms with Gasteiger partial charge in [0, 0.05) is 7.05 Å². The van der Waals surface area contributed by atoms with Crippen LogP contribution in [0.1, 0.15) is 19.8 Å². The Bertz CT molecular complexity index is 164. The van der Waals surface area contributed by atoms with Crippen molar-refractivity contribution in [1.82, 2.24) is 4.90 Å². The molecule has 0 radical (unpaired) electrons. The number of carbonyl (C=O) groups excluding carboxylic acids is 1. The zero-order valence-electron chi connectivity index (χ0n) is 7.96. The lowest BCUT2D eigenvalue weighted by Gasteiger charge is -2.20. The van der Waals surface area contributed by atoms with Crippen LogP contribution in [0.15, 0.2) is 0 Å². The number of nitrogens with two attached hydrogens (primary N) is 1. The summed E-state index contributed by atoms with van der Waals surface area (Å²) in [4.78, 5) is 12.2. The zero-order chi connectivity index (χ0) is 10.4. The fourth-order valence-corrected chi connectivity index (χ4v) is 1.01. The second kappa shape index (κ2) is 5.85. The normalized spacial score (nSPS) is 13.1. The molecule has 2 N–H and O–H groups in total. The van der Waals surface area contributed by atoms with E-state index in [1.54, 1.807) is 0 Å². The topological polar surface area (TPSA) is 46.3 Å². The Labute approximate surface area is 76.9 Å². The van der Waals surface area contributed by atoms with Crippen molar-refractivity contribution in [2.75, 3.05) is 13.6 Å². The quantitative estimate of drug-likeness (QED) is 0.704. The van der Waals surface area contributed by atoms with Crippen molar-refractivity contribution in [2.45, 2.75) is 32.2 Å². The molecule has 1 atom stereocenters. The van der Waals surface area contributed by atoms with Gasteiger partial charge in [0.25, 0.3) is 6.43 Å². The van der Waals surface area contributed by atoms with E-state index in [-0.39, 0.29) is 0 Å². The van der Waals surface area contributed by atoms with E-state index in [0.29, 0.717) is 6.42 Å². The molecule has 0 aromatic rings. The van der Waals surface area contributed by atoms with Crippen LogP contribution >= 0.6 is 0 Å². The summed E-state index contributed by atoms with van der Waals surface area (Å²) >= 11 is 0. The lowest BCUT2D eigenvalue weighted by atomic mass is 10.1. The average Bonchev–Trinajstić information content (AvgIpc) is 2.02. The first-order chi connectivity index (χ1) is 5.99. The molecule has 0 aliphatic heterocycles. The minimum atomic E-state index is -2.50. The van der Waals surface area contributed by atoms with Crippen LogP contribution in [-0.2, 0) is 4.79 Å². The monoisotopic (exact) mass is 194 g/mol.